The maximum absolute atomic E-state index is 13.1. The molecule has 34 heavy (non-hydrogen) atoms. The topological polar surface area (TPSA) is 62.1 Å². The van der Waals surface area contributed by atoms with E-state index in [2.05, 4.69) is 4.98 Å². The number of methoxy groups -OCH3 is 1. The molecule has 5 aromatic rings. The van der Waals surface area contributed by atoms with E-state index in [0.29, 0.717) is 39.2 Å². The summed E-state index contributed by atoms with van der Waals surface area (Å²) in [6, 6.07) is 18.6. The van der Waals surface area contributed by atoms with Crippen LogP contribution in [0.15, 0.2) is 65.5 Å². The minimum absolute atomic E-state index is 0.107. The Morgan fingerprint density at radius 3 is 2.65 bits per heavy atom. The second-order valence-electron chi connectivity index (χ2n) is 7.65. The van der Waals surface area contributed by atoms with Crippen molar-refractivity contribution in [2.75, 3.05) is 20.3 Å². The van der Waals surface area contributed by atoms with Gasteiger partial charge < -0.3 is 14.2 Å². The highest BCUT2D eigenvalue weighted by Crippen LogP contribution is 2.26. The Balaban J connectivity index is 1.41. The molecule has 0 aliphatic carbocycles. The number of ether oxygens (including phenoxy) is 3. The summed E-state index contributed by atoms with van der Waals surface area (Å²) >= 11 is 7.41. The molecule has 0 unspecified atom stereocenters. The number of nitrogens with zero attached hydrogens (tertiary/aromatic N) is 2. The van der Waals surface area contributed by atoms with Gasteiger partial charge in [0.05, 0.1) is 22.7 Å². The number of halogens is 1. The van der Waals surface area contributed by atoms with E-state index in [1.807, 2.05) is 73.7 Å². The van der Waals surface area contributed by atoms with Crippen molar-refractivity contribution in [1.82, 2.24) is 9.38 Å². The van der Waals surface area contributed by atoms with Gasteiger partial charge >= 0.3 is 0 Å². The molecule has 0 N–H and O–H groups in total. The summed E-state index contributed by atoms with van der Waals surface area (Å²) in [6.45, 7) is 2.62. The van der Waals surface area contributed by atoms with Crippen LogP contribution in [0.4, 0.5) is 0 Å². The Hall–Kier alpha value is -3.55. The average molecular weight is 493 g/mol. The van der Waals surface area contributed by atoms with Crippen molar-refractivity contribution < 1.29 is 14.2 Å². The Kier molecular flexibility index (Phi) is 6.13. The Bertz CT molecular complexity index is 1610. The van der Waals surface area contributed by atoms with E-state index in [1.165, 1.54) is 11.3 Å². The summed E-state index contributed by atoms with van der Waals surface area (Å²) in [5.41, 5.74) is 3.20. The fourth-order valence-electron chi connectivity index (χ4n) is 3.67. The summed E-state index contributed by atoms with van der Waals surface area (Å²) < 4.78 is 19.4. The molecular weight excluding hydrogens is 472 g/mol. The molecule has 5 rings (SSSR count). The van der Waals surface area contributed by atoms with E-state index >= 15 is 0 Å². The number of benzene rings is 3. The van der Waals surface area contributed by atoms with Gasteiger partial charge in [0.2, 0.25) is 0 Å². The Labute approximate surface area is 204 Å². The molecule has 0 amide bonds. The summed E-state index contributed by atoms with van der Waals surface area (Å²) in [7, 11) is 1.60. The molecular formula is C26H21ClN2O4S. The lowest BCUT2D eigenvalue weighted by molar-refractivity contribution is 0.216. The monoisotopic (exact) mass is 492 g/mol. The van der Waals surface area contributed by atoms with Crippen molar-refractivity contribution in [1.29, 1.82) is 0 Å². The summed E-state index contributed by atoms with van der Waals surface area (Å²) in [6.07, 6.45) is 1.82. The fraction of sp³-hybridized carbons (Fsp3) is 0.154. The van der Waals surface area contributed by atoms with E-state index in [0.717, 1.165) is 27.9 Å². The van der Waals surface area contributed by atoms with E-state index in [9.17, 15) is 4.79 Å². The van der Waals surface area contributed by atoms with Gasteiger partial charge in [-0.3, -0.25) is 4.79 Å². The molecule has 8 heteroatoms. The lowest BCUT2D eigenvalue weighted by Gasteiger charge is -2.12. The third-order valence-corrected chi connectivity index (χ3v) is 6.78. The number of hydrogen-bond donors (Lipinski definition) is 0. The number of thiazole rings is 1. The van der Waals surface area contributed by atoms with E-state index < -0.39 is 0 Å². The second-order valence-corrected chi connectivity index (χ2v) is 9.06. The summed E-state index contributed by atoms with van der Waals surface area (Å²) in [5, 5.41) is 0.703. The summed E-state index contributed by atoms with van der Waals surface area (Å²) in [5.74, 6) is 2.04. The first-order chi connectivity index (χ1) is 16.5. The number of fused-ring (bicyclic) bond motifs is 3. The van der Waals surface area contributed by atoms with Crippen molar-refractivity contribution in [2.24, 2.45) is 0 Å². The minimum atomic E-state index is -0.107. The van der Waals surface area contributed by atoms with Gasteiger partial charge in [-0.05, 0) is 67.1 Å². The molecule has 0 aliphatic rings. The standard InChI is InChI=1S/C26H21ClN2O4S/c1-16-13-19(7-9-20(16)27)32-11-12-33-23-10-8-18(31-2)14-17(23)15-24-25(30)29-22-6-4-3-5-21(22)28-26(29)34-24/h3-10,13-15H,11-12H2,1-2H3. The first kappa shape index (κ1) is 22.3. The van der Waals surface area contributed by atoms with Crippen LogP contribution in [0.2, 0.25) is 5.02 Å². The number of aromatic nitrogens is 2. The zero-order valence-electron chi connectivity index (χ0n) is 18.6. The average Bonchev–Trinajstić information content (AvgIpc) is 3.35. The van der Waals surface area contributed by atoms with Crippen molar-refractivity contribution in [3.8, 4) is 17.2 Å². The number of para-hydroxylation sites is 2. The quantitative estimate of drug-likeness (QED) is 0.303. The van der Waals surface area contributed by atoms with Gasteiger partial charge in [-0.1, -0.05) is 35.1 Å². The van der Waals surface area contributed by atoms with E-state index in [-0.39, 0.29) is 5.56 Å². The van der Waals surface area contributed by atoms with Gasteiger partial charge in [0, 0.05) is 10.6 Å². The van der Waals surface area contributed by atoms with E-state index in [1.54, 1.807) is 11.5 Å². The van der Waals surface area contributed by atoms with Crippen molar-refractivity contribution in [3.63, 3.8) is 0 Å². The highest BCUT2D eigenvalue weighted by molar-refractivity contribution is 7.15. The van der Waals surface area contributed by atoms with Crippen LogP contribution >= 0.6 is 22.9 Å². The largest absolute Gasteiger partial charge is 0.497 e. The van der Waals surface area contributed by atoms with Crippen molar-refractivity contribution in [3.05, 3.63) is 91.7 Å². The van der Waals surface area contributed by atoms with Crippen molar-refractivity contribution >= 4 is 45.0 Å². The van der Waals surface area contributed by atoms with Crippen LogP contribution in [0.1, 0.15) is 11.1 Å². The molecule has 0 bridgehead atoms. The molecule has 0 saturated carbocycles. The van der Waals surface area contributed by atoms with Crippen LogP contribution < -0.4 is 24.3 Å². The Morgan fingerprint density at radius 2 is 1.82 bits per heavy atom. The van der Waals surface area contributed by atoms with Gasteiger partial charge in [-0.2, -0.15) is 0 Å². The van der Waals surface area contributed by atoms with Gasteiger partial charge in [-0.15, -0.1) is 0 Å². The SMILES string of the molecule is COc1ccc(OCCOc2ccc(Cl)c(C)c2)c(C=c2sc3nc4ccccc4n3c2=O)c1. The normalized spacial score (nSPS) is 11.9. The van der Waals surface area contributed by atoms with Crippen LogP contribution in [0.5, 0.6) is 17.2 Å². The number of hydrogen-bond acceptors (Lipinski definition) is 6. The molecule has 6 nitrogen and oxygen atoms in total. The molecule has 0 fully saturated rings. The first-order valence-corrected chi connectivity index (χ1v) is 11.8. The predicted molar refractivity (Wildman–Crippen MR) is 136 cm³/mol. The number of imidazole rings is 1. The van der Waals surface area contributed by atoms with Crippen LogP contribution in [-0.2, 0) is 0 Å². The Morgan fingerprint density at radius 1 is 1.03 bits per heavy atom. The molecule has 0 radical (unpaired) electrons. The third kappa shape index (κ3) is 4.32. The van der Waals surface area contributed by atoms with Crippen LogP contribution in [-0.4, -0.2) is 29.7 Å². The maximum atomic E-state index is 13.1. The zero-order chi connectivity index (χ0) is 23.7. The van der Waals surface area contributed by atoms with Crippen LogP contribution in [0.3, 0.4) is 0 Å². The number of rotatable bonds is 7. The van der Waals surface area contributed by atoms with Crippen LogP contribution in [0.25, 0.3) is 22.1 Å². The number of aryl methyl sites for hydroxylation is 1. The highest BCUT2D eigenvalue weighted by Gasteiger charge is 2.12. The smallest absolute Gasteiger partial charge is 0.274 e. The molecule has 0 aliphatic heterocycles. The molecule has 0 saturated heterocycles. The van der Waals surface area contributed by atoms with E-state index in [4.69, 9.17) is 25.8 Å². The lowest BCUT2D eigenvalue weighted by Crippen LogP contribution is -2.22. The molecule has 0 spiro atoms. The second kappa shape index (κ2) is 9.37. The summed E-state index contributed by atoms with van der Waals surface area (Å²) in [4.78, 5) is 18.4. The van der Waals surface area contributed by atoms with Crippen molar-refractivity contribution in [2.45, 2.75) is 6.92 Å². The third-order valence-electron chi connectivity index (χ3n) is 5.39. The molecule has 172 valence electrons. The fourth-order valence-corrected chi connectivity index (χ4v) is 4.76. The maximum Gasteiger partial charge on any atom is 0.274 e. The predicted octanol–water partition coefficient (Wildman–Crippen LogP) is 4.89. The molecule has 2 aromatic heterocycles. The molecule has 0 atom stereocenters. The van der Waals surface area contributed by atoms with Gasteiger partial charge in [0.15, 0.2) is 4.96 Å². The first-order valence-electron chi connectivity index (χ1n) is 10.6. The van der Waals surface area contributed by atoms with Gasteiger partial charge in [0.1, 0.15) is 30.5 Å². The van der Waals surface area contributed by atoms with Gasteiger partial charge in [-0.25, -0.2) is 9.38 Å². The lowest BCUT2D eigenvalue weighted by atomic mass is 10.2. The minimum Gasteiger partial charge on any atom is -0.497 e. The molecule has 2 heterocycles. The molecule has 3 aromatic carbocycles. The zero-order valence-corrected chi connectivity index (χ0v) is 20.2. The van der Waals surface area contributed by atoms with Gasteiger partial charge in [0.25, 0.3) is 5.56 Å². The van der Waals surface area contributed by atoms with Crippen LogP contribution in [0, 0.1) is 6.92 Å². The highest BCUT2D eigenvalue weighted by atomic mass is 35.5.